The van der Waals surface area contributed by atoms with Crippen molar-refractivity contribution in [3.63, 3.8) is 0 Å². The van der Waals surface area contributed by atoms with Gasteiger partial charge in [0.15, 0.2) is 0 Å². The van der Waals surface area contributed by atoms with Crippen LogP contribution in [0.4, 0.5) is 23.7 Å². The third-order valence-electron chi connectivity index (χ3n) is 4.46. The predicted octanol–water partition coefficient (Wildman–Crippen LogP) is 3.94. The molecule has 3 rings (SSSR count). The molecule has 114 valence electrons. The standard InChI is InChI=1S/C15H17F3N2O/c16-15(17,18)11-5-4-6-12(9-11)20-13(21)19-10-14(20)7-2-1-3-8-14/h4-6,9H,1-3,7-8,10H2,(H,19,21). The van der Waals surface area contributed by atoms with Crippen LogP contribution in [-0.4, -0.2) is 18.1 Å². The van der Waals surface area contributed by atoms with Crippen molar-refractivity contribution >= 4 is 11.7 Å². The lowest BCUT2D eigenvalue weighted by atomic mass is 9.81. The summed E-state index contributed by atoms with van der Waals surface area (Å²) in [5.41, 5.74) is -0.744. The van der Waals surface area contributed by atoms with Crippen LogP contribution in [0.15, 0.2) is 24.3 Å². The molecule has 1 saturated heterocycles. The molecule has 2 aliphatic rings. The number of nitrogens with one attached hydrogen (secondary N) is 1. The molecule has 1 aromatic rings. The van der Waals surface area contributed by atoms with E-state index < -0.39 is 11.7 Å². The minimum absolute atomic E-state index is 0.295. The number of hydrogen-bond acceptors (Lipinski definition) is 1. The summed E-state index contributed by atoms with van der Waals surface area (Å²) in [6.45, 7) is 0.516. The van der Waals surface area contributed by atoms with E-state index in [9.17, 15) is 18.0 Å². The van der Waals surface area contributed by atoms with Gasteiger partial charge < -0.3 is 5.32 Å². The van der Waals surface area contributed by atoms with Crippen LogP contribution in [0.1, 0.15) is 37.7 Å². The van der Waals surface area contributed by atoms with Crippen LogP contribution in [0.3, 0.4) is 0 Å². The van der Waals surface area contributed by atoms with Gasteiger partial charge in [0.05, 0.1) is 11.1 Å². The van der Waals surface area contributed by atoms with Crippen molar-refractivity contribution in [2.75, 3.05) is 11.4 Å². The average Bonchev–Trinajstić information content (AvgIpc) is 2.75. The van der Waals surface area contributed by atoms with E-state index in [1.807, 2.05) is 0 Å². The molecule has 2 fully saturated rings. The number of rotatable bonds is 1. The Morgan fingerprint density at radius 2 is 1.86 bits per heavy atom. The minimum Gasteiger partial charge on any atom is -0.335 e. The number of carbonyl (C=O) groups is 1. The van der Waals surface area contributed by atoms with Gasteiger partial charge in [0.1, 0.15) is 0 Å². The predicted molar refractivity (Wildman–Crippen MR) is 73.1 cm³/mol. The van der Waals surface area contributed by atoms with Gasteiger partial charge >= 0.3 is 12.2 Å². The molecule has 1 heterocycles. The summed E-state index contributed by atoms with van der Waals surface area (Å²) in [5.74, 6) is 0. The molecule has 3 nitrogen and oxygen atoms in total. The van der Waals surface area contributed by atoms with Gasteiger partial charge in [0.2, 0.25) is 0 Å². The average molecular weight is 298 g/mol. The number of amides is 2. The molecule has 0 radical (unpaired) electrons. The highest BCUT2D eigenvalue weighted by atomic mass is 19.4. The number of halogens is 3. The van der Waals surface area contributed by atoms with E-state index in [4.69, 9.17) is 0 Å². The quantitative estimate of drug-likeness (QED) is 0.837. The van der Waals surface area contributed by atoms with Gasteiger partial charge in [-0.15, -0.1) is 0 Å². The summed E-state index contributed by atoms with van der Waals surface area (Å²) in [7, 11) is 0. The van der Waals surface area contributed by atoms with E-state index in [0.29, 0.717) is 12.2 Å². The molecule has 21 heavy (non-hydrogen) atoms. The SMILES string of the molecule is O=C1NCC2(CCCCC2)N1c1cccc(C(F)(F)F)c1. The van der Waals surface area contributed by atoms with Crippen molar-refractivity contribution in [2.24, 2.45) is 0 Å². The second-order valence-corrected chi connectivity index (χ2v) is 5.83. The van der Waals surface area contributed by atoms with E-state index >= 15 is 0 Å². The van der Waals surface area contributed by atoms with Crippen molar-refractivity contribution in [2.45, 2.75) is 43.8 Å². The maximum atomic E-state index is 12.9. The molecule has 0 unspecified atom stereocenters. The van der Waals surface area contributed by atoms with Crippen LogP contribution in [-0.2, 0) is 6.18 Å². The summed E-state index contributed by atoms with van der Waals surface area (Å²) in [6, 6.07) is 4.75. The van der Waals surface area contributed by atoms with E-state index in [0.717, 1.165) is 44.2 Å². The number of anilines is 1. The number of carbonyl (C=O) groups excluding carboxylic acids is 1. The largest absolute Gasteiger partial charge is 0.416 e. The lowest BCUT2D eigenvalue weighted by Crippen LogP contribution is -2.48. The van der Waals surface area contributed by atoms with Gasteiger partial charge in [-0.25, -0.2) is 4.79 Å². The molecule has 1 saturated carbocycles. The second kappa shape index (κ2) is 4.93. The number of hydrogen-bond donors (Lipinski definition) is 1. The first-order valence-corrected chi connectivity index (χ1v) is 7.18. The molecule has 1 aromatic carbocycles. The van der Waals surface area contributed by atoms with E-state index in [2.05, 4.69) is 5.32 Å². The van der Waals surface area contributed by atoms with E-state index in [-0.39, 0.29) is 11.6 Å². The first kappa shape index (κ1) is 14.2. The zero-order chi connectivity index (χ0) is 15.1. The van der Waals surface area contributed by atoms with E-state index in [1.54, 1.807) is 11.0 Å². The molecule has 6 heteroatoms. The van der Waals surface area contributed by atoms with E-state index in [1.165, 1.54) is 6.07 Å². The molecule has 2 amide bonds. The third kappa shape index (κ3) is 2.47. The maximum absolute atomic E-state index is 12.9. The number of alkyl halides is 3. The molecular formula is C15H17F3N2O. The molecule has 0 bridgehead atoms. The second-order valence-electron chi connectivity index (χ2n) is 5.83. The van der Waals surface area contributed by atoms with Gasteiger partial charge in [0, 0.05) is 12.2 Å². The Labute approximate surface area is 121 Å². The highest BCUT2D eigenvalue weighted by molar-refractivity contribution is 5.96. The Balaban J connectivity index is 1.99. The van der Waals surface area contributed by atoms with Crippen LogP contribution in [0, 0.1) is 0 Å². The highest BCUT2D eigenvalue weighted by Crippen LogP contribution is 2.40. The van der Waals surface area contributed by atoms with Crippen LogP contribution in [0.2, 0.25) is 0 Å². The molecule has 1 spiro atoms. The molecular weight excluding hydrogens is 281 g/mol. The Kier molecular flexibility index (Phi) is 3.34. The molecule has 0 aromatic heterocycles. The summed E-state index contributed by atoms with van der Waals surface area (Å²) in [5, 5.41) is 2.79. The molecule has 0 atom stereocenters. The number of urea groups is 1. The lowest BCUT2D eigenvalue weighted by Gasteiger charge is -2.40. The zero-order valence-electron chi connectivity index (χ0n) is 11.5. The summed E-state index contributed by atoms with van der Waals surface area (Å²) >= 11 is 0. The topological polar surface area (TPSA) is 32.3 Å². The monoisotopic (exact) mass is 298 g/mol. The fourth-order valence-corrected chi connectivity index (χ4v) is 3.44. The van der Waals surface area contributed by atoms with Crippen LogP contribution in [0.25, 0.3) is 0 Å². The summed E-state index contributed by atoms with van der Waals surface area (Å²) in [6.07, 6.45) is 0.400. The van der Waals surface area contributed by atoms with Crippen molar-refractivity contribution in [3.05, 3.63) is 29.8 Å². The van der Waals surface area contributed by atoms with Gasteiger partial charge in [0.25, 0.3) is 0 Å². The maximum Gasteiger partial charge on any atom is 0.416 e. The third-order valence-corrected chi connectivity index (χ3v) is 4.46. The smallest absolute Gasteiger partial charge is 0.335 e. The summed E-state index contributed by atoms with van der Waals surface area (Å²) in [4.78, 5) is 13.7. The minimum atomic E-state index is -4.40. The first-order chi connectivity index (χ1) is 9.92. The van der Waals surface area contributed by atoms with Crippen molar-refractivity contribution < 1.29 is 18.0 Å². The number of nitrogens with zero attached hydrogens (tertiary/aromatic N) is 1. The van der Waals surface area contributed by atoms with Gasteiger partial charge in [-0.2, -0.15) is 13.2 Å². The van der Waals surface area contributed by atoms with Crippen molar-refractivity contribution in [1.29, 1.82) is 0 Å². The Hall–Kier alpha value is -1.72. The summed E-state index contributed by atoms with van der Waals surface area (Å²) < 4.78 is 38.6. The Morgan fingerprint density at radius 1 is 1.14 bits per heavy atom. The van der Waals surface area contributed by atoms with Crippen LogP contribution < -0.4 is 10.2 Å². The normalized spacial score (nSPS) is 21.7. The fourth-order valence-electron chi connectivity index (χ4n) is 3.44. The van der Waals surface area contributed by atoms with Gasteiger partial charge in [-0.05, 0) is 31.0 Å². The molecule has 1 N–H and O–H groups in total. The molecule has 1 aliphatic heterocycles. The van der Waals surface area contributed by atoms with Gasteiger partial charge in [-0.3, -0.25) is 4.90 Å². The Morgan fingerprint density at radius 3 is 2.52 bits per heavy atom. The fraction of sp³-hybridized carbons (Fsp3) is 0.533. The van der Waals surface area contributed by atoms with Crippen molar-refractivity contribution in [1.82, 2.24) is 5.32 Å². The molecule has 1 aliphatic carbocycles. The van der Waals surface area contributed by atoms with Crippen LogP contribution >= 0.6 is 0 Å². The van der Waals surface area contributed by atoms with Gasteiger partial charge in [-0.1, -0.05) is 25.3 Å². The first-order valence-electron chi connectivity index (χ1n) is 7.18. The Bertz CT molecular complexity index is 550. The highest BCUT2D eigenvalue weighted by Gasteiger charge is 2.47. The van der Waals surface area contributed by atoms with Crippen LogP contribution in [0.5, 0.6) is 0 Å². The zero-order valence-corrected chi connectivity index (χ0v) is 11.5. The lowest BCUT2D eigenvalue weighted by molar-refractivity contribution is -0.137. The van der Waals surface area contributed by atoms with Crippen molar-refractivity contribution in [3.8, 4) is 0 Å². The number of benzene rings is 1.